The molecular weight excluding hydrogens is 472 g/mol. The summed E-state index contributed by atoms with van der Waals surface area (Å²) in [5, 5.41) is 21.4. The molecule has 3 rings (SSSR count). The molecule has 0 bridgehead atoms. The minimum atomic E-state index is -0.697. The van der Waals surface area contributed by atoms with E-state index in [1.807, 2.05) is 63.2 Å². The van der Waals surface area contributed by atoms with E-state index in [2.05, 4.69) is 50.8 Å². The molecule has 0 fully saturated rings. The van der Waals surface area contributed by atoms with Gasteiger partial charge in [0.05, 0.1) is 13.5 Å². The Morgan fingerprint density at radius 3 is 2.08 bits per heavy atom. The molecule has 0 radical (unpaired) electrons. The minimum Gasteiger partial charge on any atom is -0.507 e. The molecule has 1 atom stereocenters. The number of ether oxygens (including phenoxy) is 1. The first-order valence-electron chi connectivity index (χ1n) is 13.3. The number of hydrogen-bond donors (Lipinski definition) is 2. The lowest BCUT2D eigenvalue weighted by molar-refractivity contribution is -0.139. The number of phenols is 1. The van der Waals surface area contributed by atoms with E-state index in [-0.39, 0.29) is 29.0 Å². The summed E-state index contributed by atoms with van der Waals surface area (Å²) in [6, 6.07) is 19.9. The molecule has 0 aliphatic rings. The number of aryl methyl sites for hydroxylation is 1. The first kappa shape index (κ1) is 29.0. The molecule has 0 spiro atoms. The maximum Gasteiger partial charge on any atom is 0.309 e. The van der Waals surface area contributed by atoms with Gasteiger partial charge in [0.2, 0.25) is 0 Å². The molecule has 1 unspecified atom stereocenters. The second-order valence-electron chi connectivity index (χ2n) is 11.0. The van der Waals surface area contributed by atoms with Gasteiger partial charge in [0.25, 0.3) is 0 Å². The van der Waals surface area contributed by atoms with E-state index < -0.39 is 6.10 Å². The predicted octanol–water partition coefficient (Wildman–Crippen LogP) is 6.95. The average Bonchev–Trinajstić information content (AvgIpc) is 2.89. The van der Waals surface area contributed by atoms with Gasteiger partial charge >= 0.3 is 5.97 Å². The van der Waals surface area contributed by atoms with Crippen molar-refractivity contribution < 1.29 is 19.7 Å². The lowest BCUT2D eigenvalue weighted by Gasteiger charge is -2.34. The number of esters is 1. The summed E-state index contributed by atoms with van der Waals surface area (Å²) in [4.78, 5) is 11.6. The molecule has 4 nitrogen and oxygen atoms in total. The van der Waals surface area contributed by atoms with E-state index in [1.54, 1.807) is 0 Å². The third-order valence-corrected chi connectivity index (χ3v) is 7.54. The molecule has 3 aromatic carbocycles. The molecule has 0 aliphatic carbocycles. The lowest BCUT2D eigenvalue weighted by Crippen LogP contribution is -2.26. The molecule has 0 amide bonds. The van der Waals surface area contributed by atoms with Gasteiger partial charge < -0.3 is 14.9 Å². The van der Waals surface area contributed by atoms with Gasteiger partial charge in [0.15, 0.2) is 0 Å². The third-order valence-electron chi connectivity index (χ3n) is 7.54. The second kappa shape index (κ2) is 11.9. The van der Waals surface area contributed by atoms with Crippen LogP contribution in [0.25, 0.3) is 11.1 Å². The number of hydrogen-bond acceptors (Lipinski definition) is 4. The van der Waals surface area contributed by atoms with Gasteiger partial charge in [-0.05, 0) is 65.1 Å². The highest BCUT2D eigenvalue weighted by Gasteiger charge is 2.31. The highest BCUT2D eigenvalue weighted by molar-refractivity contribution is 5.74. The van der Waals surface area contributed by atoms with Crippen molar-refractivity contribution in [2.45, 2.75) is 72.3 Å². The van der Waals surface area contributed by atoms with Gasteiger partial charge in [-0.25, -0.2) is 0 Å². The summed E-state index contributed by atoms with van der Waals surface area (Å²) >= 11 is 0. The fourth-order valence-corrected chi connectivity index (χ4v) is 4.81. The van der Waals surface area contributed by atoms with E-state index >= 15 is 0 Å². The summed E-state index contributed by atoms with van der Waals surface area (Å²) in [6.07, 6.45) is 1.27. The normalized spacial score (nSPS) is 12.4. The molecule has 200 valence electrons. The minimum absolute atomic E-state index is 0.220. The van der Waals surface area contributed by atoms with Crippen molar-refractivity contribution >= 4 is 5.97 Å². The number of aromatic hydroxyl groups is 1. The number of aliphatic hydroxyl groups is 1. The zero-order chi connectivity index (χ0) is 28.1. The van der Waals surface area contributed by atoms with Crippen LogP contribution in [0.5, 0.6) is 5.75 Å². The standard InChI is InChI=1S/C34H40O4/c1-8-34(9-2,27-16-14-25(23(3)20-27)15-19-31(36)33(4,5)6)28-17-18-29(30(35)22-28)26-12-10-24(11-13-26)21-32(37)38-7/h10-14,16-18,20,22,31,35-36H,8-9,21H2,1-7H3. The van der Waals surface area contributed by atoms with Crippen LogP contribution in [-0.4, -0.2) is 29.4 Å². The SMILES string of the molecule is CCC(CC)(c1ccc(C#CC(O)C(C)(C)C)c(C)c1)c1ccc(-c2ccc(CC(=O)OC)cc2)c(O)c1. The van der Waals surface area contributed by atoms with E-state index in [1.165, 1.54) is 12.7 Å². The highest BCUT2D eigenvalue weighted by atomic mass is 16.5. The fraction of sp³-hybridized carbons (Fsp3) is 0.382. The van der Waals surface area contributed by atoms with Crippen LogP contribution >= 0.6 is 0 Å². The topological polar surface area (TPSA) is 66.8 Å². The first-order valence-corrected chi connectivity index (χ1v) is 13.3. The number of benzene rings is 3. The van der Waals surface area contributed by atoms with Crippen LogP contribution < -0.4 is 0 Å². The van der Waals surface area contributed by atoms with Gasteiger partial charge in [-0.15, -0.1) is 0 Å². The number of aliphatic hydroxyl groups excluding tert-OH is 1. The van der Waals surface area contributed by atoms with Crippen LogP contribution in [0.1, 0.15) is 75.3 Å². The van der Waals surface area contributed by atoms with Crippen LogP contribution in [0.2, 0.25) is 0 Å². The summed E-state index contributed by atoms with van der Waals surface area (Å²) in [5.74, 6) is 6.10. The monoisotopic (exact) mass is 512 g/mol. The molecular formula is C34H40O4. The van der Waals surface area contributed by atoms with Crippen LogP contribution in [0.4, 0.5) is 0 Å². The van der Waals surface area contributed by atoms with E-state index in [9.17, 15) is 15.0 Å². The quantitative estimate of drug-likeness (QED) is 0.266. The zero-order valence-corrected chi connectivity index (χ0v) is 23.7. The Kier molecular flexibility index (Phi) is 9.07. The van der Waals surface area contributed by atoms with Crippen LogP contribution in [-0.2, 0) is 21.4 Å². The van der Waals surface area contributed by atoms with Crippen molar-refractivity contribution in [3.05, 3.63) is 88.5 Å². The third kappa shape index (κ3) is 6.29. The molecule has 3 aromatic rings. The molecule has 0 aromatic heterocycles. The number of carbonyl (C=O) groups is 1. The number of phenolic OH excluding ortho intramolecular Hbond substituents is 1. The largest absolute Gasteiger partial charge is 0.507 e. The summed E-state index contributed by atoms with van der Waals surface area (Å²) in [7, 11) is 1.38. The molecule has 38 heavy (non-hydrogen) atoms. The van der Waals surface area contributed by atoms with Crippen LogP contribution in [0.15, 0.2) is 60.7 Å². The Hall–Kier alpha value is -3.55. The number of methoxy groups -OCH3 is 1. The Bertz CT molecular complexity index is 1330. The number of rotatable bonds is 7. The Morgan fingerprint density at radius 2 is 1.55 bits per heavy atom. The van der Waals surface area contributed by atoms with Crippen molar-refractivity contribution in [3.63, 3.8) is 0 Å². The highest BCUT2D eigenvalue weighted by Crippen LogP contribution is 2.42. The number of carbonyl (C=O) groups excluding carboxylic acids is 1. The van der Waals surface area contributed by atoms with Crippen LogP contribution in [0.3, 0.4) is 0 Å². The summed E-state index contributed by atoms with van der Waals surface area (Å²) in [6.45, 7) is 12.3. The molecule has 0 saturated heterocycles. The Balaban J connectivity index is 1.95. The van der Waals surface area contributed by atoms with Gasteiger partial charge in [-0.1, -0.05) is 95.0 Å². The van der Waals surface area contributed by atoms with Gasteiger partial charge in [-0.3, -0.25) is 4.79 Å². The van der Waals surface area contributed by atoms with Crippen molar-refractivity contribution in [2.75, 3.05) is 7.11 Å². The lowest BCUT2D eigenvalue weighted by atomic mass is 9.70. The second-order valence-corrected chi connectivity index (χ2v) is 11.0. The maximum atomic E-state index is 11.6. The van der Waals surface area contributed by atoms with Gasteiger partial charge in [0.1, 0.15) is 11.9 Å². The zero-order valence-electron chi connectivity index (χ0n) is 23.7. The van der Waals surface area contributed by atoms with Crippen molar-refractivity contribution in [1.29, 1.82) is 0 Å². The molecule has 2 N–H and O–H groups in total. The molecule has 0 aliphatic heterocycles. The van der Waals surface area contributed by atoms with Crippen molar-refractivity contribution in [3.8, 4) is 28.7 Å². The predicted molar refractivity (Wildman–Crippen MR) is 154 cm³/mol. The Labute approximate surface area is 227 Å². The fourth-order valence-electron chi connectivity index (χ4n) is 4.81. The molecule has 4 heteroatoms. The van der Waals surface area contributed by atoms with Crippen molar-refractivity contribution in [1.82, 2.24) is 0 Å². The average molecular weight is 513 g/mol. The van der Waals surface area contributed by atoms with E-state index in [4.69, 9.17) is 4.74 Å². The van der Waals surface area contributed by atoms with E-state index in [0.717, 1.165) is 46.2 Å². The maximum absolute atomic E-state index is 11.6. The van der Waals surface area contributed by atoms with E-state index in [0.29, 0.717) is 0 Å². The summed E-state index contributed by atoms with van der Waals surface area (Å²) in [5.41, 5.74) is 6.16. The first-order chi connectivity index (χ1) is 17.9. The van der Waals surface area contributed by atoms with Crippen LogP contribution in [0, 0.1) is 24.2 Å². The van der Waals surface area contributed by atoms with Gasteiger partial charge in [-0.2, -0.15) is 0 Å². The summed E-state index contributed by atoms with van der Waals surface area (Å²) < 4.78 is 4.74. The Morgan fingerprint density at radius 1 is 0.947 bits per heavy atom. The van der Waals surface area contributed by atoms with Gasteiger partial charge in [0, 0.05) is 16.5 Å². The van der Waals surface area contributed by atoms with Crippen molar-refractivity contribution in [2.24, 2.45) is 5.41 Å². The molecule has 0 heterocycles. The smallest absolute Gasteiger partial charge is 0.309 e. The molecule has 0 saturated carbocycles.